The van der Waals surface area contributed by atoms with Gasteiger partial charge in [-0.05, 0) is 77.0 Å². The summed E-state index contributed by atoms with van der Waals surface area (Å²) in [5, 5.41) is 31.2. The number of carbonyl (C=O) groups is 4. The number of rotatable bonds is 42. The van der Waals surface area contributed by atoms with E-state index in [9.17, 15) is 34.5 Å². The van der Waals surface area contributed by atoms with Gasteiger partial charge in [-0.2, -0.15) is 0 Å². The van der Waals surface area contributed by atoms with Crippen LogP contribution in [0.5, 0.6) is 0 Å². The second-order valence-electron chi connectivity index (χ2n) is 17.4. The number of carbonyl (C=O) groups excluding carboxylic acids is 3. The molecular formula is C55H90O12. The maximum absolute atomic E-state index is 13.0. The standard InChI is InChI=1S/C55H90O12/c1-4-7-10-13-16-19-21-22-23-24-25-26-28-30-32-35-38-41-47(56)63-44-46(65-48(57)42-39-36-34-31-27-20-17-14-11-8-5-2)45-64-55-53(51(60)50(59)52(67-55)54(61)62)66-49(58)43-40-37-33-29-18-15-12-9-6-3/h7,10,14,16-17,19,22-23,25-26,30,32,46,50-53,55,59-60H,4-6,8-9,11-13,15,18,20-21,24,27-29,31,33-45H2,1-3H3,(H,61,62)/b10-7-,17-14-,19-16-,23-22-,26-25-,32-30-. The number of aliphatic hydroxyl groups is 2. The Labute approximate surface area is 404 Å². The molecule has 0 spiro atoms. The number of esters is 3. The first kappa shape index (κ1) is 61.2. The highest BCUT2D eigenvalue weighted by Crippen LogP contribution is 2.26. The topological polar surface area (TPSA) is 175 Å². The molecule has 6 unspecified atom stereocenters. The molecule has 1 aliphatic heterocycles. The highest BCUT2D eigenvalue weighted by molar-refractivity contribution is 5.74. The fraction of sp³-hybridized carbons (Fsp3) is 0.709. The van der Waals surface area contributed by atoms with Crippen molar-refractivity contribution in [2.75, 3.05) is 13.2 Å². The number of allylic oxidation sites excluding steroid dienone is 12. The summed E-state index contributed by atoms with van der Waals surface area (Å²) in [6.07, 6.45) is 40.6. The van der Waals surface area contributed by atoms with Crippen molar-refractivity contribution in [3.8, 4) is 0 Å². The summed E-state index contributed by atoms with van der Waals surface area (Å²) in [6.45, 7) is 5.71. The molecule has 0 aliphatic carbocycles. The van der Waals surface area contributed by atoms with Crippen LogP contribution in [0.15, 0.2) is 72.9 Å². The van der Waals surface area contributed by atoms with Gasteiger partial charge in [0.25, 0.3) is 0 Å². The van der Waals surface area contributed by atoms with Gasteiger partial charge in [0.15, 0.2) is 24.6 Å². The van der Waals surface area contributed by atoms with Crippen LogP contribution in [0.2, 0.25) is 0 Å². The number of carboxylic acids is 1. The Bertz CT molecular complexity index is 1450. The van der Waals surface area contributed by atoms with E-state index in [0.717, 1.165) is 96.3 Å². The van der Waals surface area contributed by atoms with Gasteiger partial charge in [-0.1, -0.05) is 177 Å². The highest BCUT2D eigenvalue weighted by atomic mass is 16.7. The molecule has 0 aromatic rings. The number of aliphatic hydroxyl groups excluding tert-OH is 2. The van der Waals surface area contributed by atoms with Gasteiger partial charge in [-0.3, -0.25) is 14.4 Å². The summed E-state index contributed by atoms with van der Waals surface area (Å²) in [5.74, 6) is -3.22. The van der Waals surface area contributed by atoms with E-state index in [1.54, 1.807) is 0 Å². The summed E-state index contributed by atoms with van der Waals surface area (Å²) in [4.78, 5) is 50.7. The first-order valence-electron chi connectivity index (χ1n) is 25.9. The molecule has 0 amide bonds. The summed E-state index contributed by atoms with van der Waals surface area (Å²) in [7, 11) is 0. The lowest BCUT2D eigenvalue weighted by atomic mass is 9.98. The predicted molar refractivity (Wildman–Crippen MR) is 266 cm³/mol. The van der Waals surface area contributed by atoms with Crippen molar-refractivity contribution < 1.29 is 58.2 Å². The summed E-state index contributed by atoms with van der Waals surface area (Å²) in [5.41, 5.74) is 0. The minimum absolute atomic E-state index is 0.0532. The Morgan fingerprint density at radius 2 is 0.970 bits per heavy atom. The molecule has 1 fully saturated rings. The zero-order valence-corrected chi connectivity index (χ0v) is 41.6. The number of ether oxygens (including phenoxy) is 5. The largest absolute Gasteiger partial charge is 0.479 e. The van der Waals surface area contributed by atoms with Gasteiger partial charge in [-0.15, -0.1) is 0 Å². The fourth-order valence-corrected chi connectivity index (χ4v) is 7.26. The Morgan fingerprint density at radius 3 is 1.54 bits per heavy atom. The number of unbranched alkanes of at least 4 members (excludes halogenated alkanes) is 16. The Hall–Kier alpha value is -3.84. The van der Waals surface area contributed by atoms with Crippen LogP contribution in [0.1, 0.15) is 201 Å². The quantitative estimate of drug-likeness (QED) is 0.0229. The monoisotopic (exact) mass is 943 g/mol. The molecule has 1 aliphatic rings. The number of carboxylic acid groups (broad SMARTS) is 1. The first-order valence-corrected chi connectivity index (χ1v) is 25.9. The predicted octanol–water partition coefficient (Wildman–Crippen LogP) is 12.2. The van der Waals surface area contributed by atoms with E-state index in [2.05, 4.69) is 87.6 Å². The van der Waals surface area contributed by atoms with Crippen molar-refractivity contribution in [3.63, 3.8) is 0 Å². The molecule has 12 nitrogen and oxygen atoms in total. The van der Waals surface area contributed by atoms with Gasteiger partial charge in [0.2, 0.25) is 0 Å². The Morgan fingerprint density at radius 1 is 0.507 bits per heavy atom. The van der Waals surface area contributed by atoms with Crippen molar-refractivity contribution in [1.29, 1.82) is 0 Å². The number of aliphatic carboxylic acids is 1. The molecule has 1 saturated heterocycles. The average Bonchev–Trinajstić information content (AvgIpc) is 3.31. The van der Waals surface area contributed by atoms with Crippen LogP contribution in [0, 0.1) is 0 Å². The lowest BCUT2D eigenvalue weighted by Crippen LogP contribution is -2.61. The minimum Gasteiger partial charge on any atom is -0.479 e. The average molecular weight is 943 g/mol. The Kier molecular flexibility index (Phi) is 39.7. The molecule has 0 aromatic carbocycles. The first-order chi connectivity index (χ1) is 32.6. The zero-order chi connectivity index (χ0) is 49.0. The highest BCUT2D eigenvalue weighted by Gasteiger charge is 2.50. The molecule has 1 rings (SSSR count). The van der Waals surface area contributed by atoms with Crippen LogP contribution in [0.3, 0.4) is 0 Å². The summed E-state index contributed by atoms with van der Waals surface area (Å²) in [6, 6.07) is 0. The SMILES string of the molecule is CC/C=C\C/C=C\C/C=C\C/C=C\C/C=C\CCCC(=O)OCC(COC1OC(C(=O)O)C(O)C(O)C1OC(=O)CCCCCCCCCCC)OC(=O)CCCCCCC/C=C\CCCC. The van der Waals surface area contributed by atoms with Gasteiger partial charge in [0.05, 0.1) is 6.61 Å². The Balaban J connectivity index is 2.76. The van der Waals surface area contributed by atoms with Crippen LogP contribution >= 0.6 is 0 Å². The third-order valence-corrected chi connectivity index (χ3v) is 11.3. The van der Waals surface area contributed by atoms with E-state index in [1.807, 2.05) is 6.08 Å². The van der Waals surface area contributed by atoms with E-state index in [0.29, 0.717) is 25.7 Å². The minimum atomic E-state index is -1.91. The molecule has 0 saturated carbocycles. The van der Waals surface area contributed by atoms with Crippen LogP contribution in [-0.2, 0) is 42.9 Å². The maximum Gasteiger partial charge on any atom is 0.335 e. The molecule has 0 radical (unpaired) electrons. The fourth-order valence-electron chi connectivity index (χ4n) is 7.26. The summed E-state index contributed by atoms with van der Waals surface area (Å²) < 4.78 is 28.2. The van der Waals surface area contributed by atoms with Gasteiger partial charge < -0.3 is 39.0 Å². The summed E-state index contributed by atoms with van der Waals surface area (Å²) >= 11 is 0. The zero-order valence-electron chi connectivity index (χ0n) is 41.6. The molecule has 3 N–H and O–H groups in total. The van der Waals surface area contributed by atoms with Crippen LogP contribution in [0.4, 0.5) is 0 Å². The number of hydrogen-bond donors (Lipinski definition) is 3. The van der Waals surface area contributed by atoms with Crippen molar-refractivity contribution >= 4 is 23.9 Å². The van der Waals surface area contributed by atoms with E-state index in [1.165, 1.54) is 38.5 Å². The van der Waals surface area contributed by atoms with E-state index in [4.69, 9.17) is 23.7 Å². The molecule has 67 heavy (non-hydrogen) atoms. The van der Waals surface area contributed by atoms with Crippen molar-refractivity contribution in [1.82, 2.24) is 0 Å². The third kappa shape index (κ3) is 34.2. The van der Waals surface area contributed by atoms with Gasteiger partial charge >= 0.3 is 23.9 Å². The van der Waals surface area contributed by atoms with Crippen molar-refractivity contribution in [2.24, 2.45) is 0 Å². The van der Waals surface area contributed by atoms with Crippen LogP contribution < -0.4 is 0 Å². The second-order valence-corrected chi connectivity index (χ2v) is 17.4. The maximum atomic E-state index is 13.0. The van der Waals surface area contributed by atoms with E-state index in [-0.39, 0.29) is 25.9 Å². The molecule has 6 atom stereocenters. The van der Waals surface area contributed by atoms with E-state index >= 15 is 0 Å². The molecule has 1 heterocycles. The van der Waals surface area contributed by atoms with Crippen molar-refractivity contribution in [2.45, 2.75) is 237 Å². The molecule has 0 aromatic heterocycles. The van der Waals surface area contributed by atoms with Gasteiger partial charge in [-0.25, -0.2) is 4.79 Å². The van der Waals surface area contributed by atoms with Gasteiger partial charge in [0.1, 0.15) is 18.8 Å². The van der Waals surface area contributed by atoms with Crippen LogP contribution in [0.25, 0.3) is 0 Å². The molecule has 382 valence electrons. The number of hydrogen-bond acceptors (Lipinski definition) is 11. The third-order valence-electron chi connectivity index (χ3n) is 11.3. The smallest absolute Gasteiger partial charge is 0.335 e. The van der Waals surface area contributed by atoms with Crippen LogP contribution in [-0.4, -0.2) is 89.2 Å². The van der Waals surface area contributed by atoms with Gasteiger partial charge in [0, 0.05) is 19.3 Å². The second kappa shape index (κ2) is 43.4. The lowest BCUT2D eigenvalue weighted by Gasteiger charge is -2.40. The lowest BCUT2D eigenvalue weighted by molar-refractivity contribution is -0.301. The van der Waals surface area contributed by atoms with Crippen molar-refractivity contribution in [3.05, 3.63) is 72.9 Å². The molecule has 12 heteroatoms. The normalized spacial score (nSPS) is 19.4. The molecule has 0 bridgehead atoms. The molecular weight excluding hydrogens is 853 g/mol. The van der Waals surface area contributed by atoms with E-state index < -0.39 is 67.3 Å².